The number of benzene rings is 1. The lowest BCUT2D eigenvalue weighted by Gasteiger charge is -2.33. The van der Waals surface area contributed by atoms with Crippen molar-refractivity contribution in [2.75, 3.05) is 31.1 Å². The fourth-order valence-electron chi connectivity index (χ4n) is 1.78. The molecule has 78 valence electrons. The first kappa shape index (κ1) is 9.97. The van der Waals surface area contributed by atoms with E-state index in [-0.39, 0.29) is 0 Å². The number of hydrogen-bond acceptors (Lipinski definition) is 4. The number of rotatable bonds is 1. The predicted octanol–water partition coefficient (Wildman–Crippen LogP) is 1.07. The van der Waals surface area contributed by atoms with Crippen LogP contribution < -0.4 is 4.90 Å². The van der Waals surface area contributed by atoms with Gasteiger partial charge < -0.3 is 10.1 Å². The summed E-state index contributed by atoms with van der Waals surface area (Å²) in [7, 11) is 0. The molecule has 1 saturated heterocycles. The molecule has 1 N–H and O–H groups in total. The zero-order valence-electron chi connectivity index (χ0n) is 8.43. The molecule has 0 amide bonds. The molecule has 0 aliphatic carbocycles. The van der Waals surface area contributed by atoms with Crippen LogP contribution in [0.2, 0.25) is 0 Å². The van der Waals surface area contributed by atoms with Gasteiger partial charge in [0.05, 0.1) is 11.3 Å². The summed E-state index contributed by atoms with van der Waals surface area (Å²) in [5.41, 5.74) is 1.66. The maximum Gasteiger partial charge on any atom is 0.101 e. The van der Waals surface area contributed by atoms with Crippen molar-refractivity contribution in [3.05, 3.63) is 29.8 Å². The van der Waals surface area contributed by atoms with Crippen LogP contribution in [0.5, 0.6) is 0 Å². The van der Waals surface area contributed by atoms with Crippen molar-refractivity contribution in [2.45, 2.75) is 0 Å². The molecule has 1 fully saturated rings. The molecule has 1 aliphatic rings. The van der Waals surface area contributed by atoms with Gasteiger partial charge in [0.2, 0.25) is 0 Å². The molecule has 0 aromatic heterocycles. The number of piperazine rings is 1. The van der Waals surface area contributed by atoms with Crippen molar-refractivity contribution < 1.29 is 5.21 Å². The number of nitrogens with zero attached hydrogens (tertiary/aromatic N) is 3. The van der Waals surface area contributed by atoms with Gasteiger partial charge in [0, 0.05) is 26.2 Å². The van der Waals surface area contributed by atoms with Crippen LogP contribution in [0.3, 0.4) is 0 Å². The predicted molar refractivity (Wildman–Crippen MR) is 56.7 cm³/mol. The van der Waals surface area contributed by atoms with E-state index in [4.69, 9.17) is 5.26 Å². The van der Waals surface area contributed by atoms with Gasteiger partial charge in [-0.15, -0.1) is 0 Å². The molecule has 0 saturated carbocycles. The summed E-state index contributed by atoms with van der Waals surface area (Å²) < 4.78 is 0. The molecule has 1 aromatic carbocycles. The minimum Gasteiger partial charge on any atom is -0.368 e. The normalized spacial score (nSPS) is 17.5. The van der Waals surface area contributed by atoms with Crippen molar-refractivity contribution in [3.63, 3.8) is 0 Å². The van der Waals surface area contributed by atoms with Crippen LogP contribution in [0.4, 0.5) is 5.69 Å². The van der Waals surface area contributed by atoms with E-state index in [0.29, 0.717) is 18.7 Å². The smallest absolute Gasteiger partial charge is 0.101 e. The number of para-hydroxylation sites is 1. The quantitative estimate of drug-likeness (QED) is 0.741. The molecule has 4 nitrogen and oxygen atoms in total. The number of anilines is 1. The molecule has 0 bridgehead atoms. The first-order chi connectivity index (χ1) is 7.31. The maximum absolute atomic E-state index is 9.24. The summed E-state index contributed by atoms with van der Waals surface area (Å²) in [6.45, 7) is 2.77. The molecule has 2 rings (SSSR count). The Morgan fingerprint density at radius 3 is 2.47 bits per heavy atom. The molecular weight excluding hydrogens is 190 g/mol. The molecule has 4 heteroatoms. The minimum atomic E-state index is 0.625. The summed E-state index contributed by atoms with van der Waals surface area (Å²) in [4.78, 5) is 2.13. The van der Waals surface area contributed by atoms with Gasteiger partial charge in [0.15, 0.2) is 0 Å². The van der Waals surface area contributed by atoms with Gasteiger partial charge in [0.1, 0.15) is 6.07 Å². The fourth-order valence-corrected chi connectivity index (χ4v) is 1.78. The molecular formula is C11H13N3O. The van der Waals surface area contributed by atoms with Crippen LogP contribution >= 0.6 is 0 Å². The molecule has 1 heterocycles. The summed E-state index contributed by atoms with van der Waals surface area (Å²) in [6, 6.07) is 9.75. The molecule has 1 aromatic rings. The zero-order chi connectivity index (χ0) is 10.7. The lowest BCUT2D eigenvalue weighted by atomic mass is 10.1. The van der Waals surface area contributed by atoms with E-state index in [2.05, 4.69) is 11.0 Å². The monoisotopic (exact) mass is 203 g/mol. The minimum absolute atomic E-state index is 0.625. The van der Waals surface area contributed by atoms with Gasteiger partial charge in [-0.1, -0.05) is 12.1 Å². The number of hydroxylamine groups is 2. The highest BCUT2D eigenvalue weighted by Gasteiger charge is 2.17. The Balaban J connectivity index is 2.19. The number of hydrogen-bond donors (Lipinski definition) is 1. The average Bonchev–Trinajstić information content (AvgIpc) is 2.30. The Morgan fingerprint density at radius 2 is 1.80 bits per heavy atom. The standard InChI is InChI=1S/C11H13N3O/c12-9-10-3-1-2-4-11(10)13-5-7-14(15)8-6-13/h1-4,15H,5-8H2. The van der Waals surface area contributed by atoms with Gasteiger partial charge >= 0.3 is 0 Å². The van der Waals surface area contributed by atoms with E-state index in [1.807, 2.05) is 24.3 Å². The summed E-state index contributed by atoms with van der Waals surface area (Å²) in [5.74, 6) is 0. The molecule has 1 aliphatic heterocycles. The topological polar surface area (TPSA) is 50.5 Å². The zero-order valence-corrected chi connectivity index (χ0v) is 8.43. The van der Waals surface area contributed by atoms with E-state index in [0.717, 1.165) is 18.8 Å². The Bertz CT molecular complexity index is 378. The second-order valence-corrected chi connectivity index (χ2v) is 3.57. The van der Waals surface area contributed by atoms with Crippen LogP contribution in [0, 0.1) is 11.3 Å². The Labute approximate surface area is 88.9 Å². The third-order valence-electron chi connectivity index (χ3n) is 2.62. The van der Waals surface area contributed by atoms with Crippen molar-refractivity contribution >= 4 is 5.69 Å². The van der Waals surface area contributed by atoms with Gasteiger partial charge in [-0.05, 0) is 12.1 Å². The van der Waals surface area contributed by atoms with Crippen molar-refractivity contribution in [2.24, 2.45) is 0 Å². The van der Waals surface area contributed by atoms with Crippen LogP contribution in [-0.2, 0) is 0 Å². The average molecular weight is 203 g/mol. The third-order valence-corrected chi connectivity index (χ3v) is 2.62. The molecule has 15 heavy (non-hydrogen) atoms. The van der Waals surface area contributed by atoms with E-state index in [1.165, 1.54) is 5.06 Å². The summed E-state index contributed by atoms with van der Waals surface area (Å²) in [5, 5.41) is 19.5. The highest BCUT2D eigenvalue weighted by molar-refractivity contribution is 5.59. The third kappa shape index (κ3) is 2.09. The SMILES string of the molecule is N#Cc1ccccc1N1CCN(O)CC1. The Hall–Kier alpha value is -1.57. The van der Waals surface area contributed by atoms with Gasteiger partial charge in [-0.3, -0.25) is 0 Å². The highest BCUT2D eigenvalue weighted by atomic mass is 16.5. The van der Waals surface area contributed by atoms with Gasteiger partial charge in [0.25, 0.3) is 0 Å². The molecule has 0 radical (unpaired) electrons. The summed E-state index contributed by atoms with van der Waals surface area (Å²) in [6.07, 6.45) is 0. The lowest BCUT2D eigenvalue weighted by molar-refractivity contribution is -0.0935. The van der Waals surface area contributed by atoms with Crippen LogP contribution in [0.1, 0.15) is 5.56 Å². The van der Waals surface area contributed by atoms with Crippen molar-refractivity contribution in [1.82, 2.24) is 5.06 Å². The second kappa shape index (κ2) is 4.30. The molecule has 0 atom stereocenters. The van der Waals surface area contributed by atoms with Gasteiger partial charge in [-0.25, -0.2) is 0 Å². The number of nitriles is 1. The highest BCUT2D eigenvalue weighted by Crippen LogP contribution is 2.20. The first-order valence-electron chi connectivity index (χ1n) is 4.99. The second-order valence-electron chi connectivity index (χ2n) is 3.57. The Morgan fingerprint density at radius 1 is 1.13 bits per heavy atom. The Kier molecular flexibility index (Phi) is 2.86. The lowest BCUT2D eigenvalue weighted by Crippen LogP contribution is -2.45. The molecule has 0 spiro atoms. The van der Waals surface area contributed by atoms with E-state index >= 15 is 0 Å². The van der Waals surface area contributed by atoms with Crippen LogP contribution in [-0.4, -0.2) is 36.4 Å². The maximum atomic E-state index is 9.24. The summed E-state index contributed by atoms with van der Waals surface area (Å²) >= 11 is 0. The fraction of sp³-hybridized carbons (Fsp3) is 0.364. The molecule has 0 unspecified atom stereocenters. The van der Waals surface area contributed by atoms with E-state index < -0.39 is 0 Å². The van der Waals surface area contributed by atoms with Gasteiger partial charge in [-0.2, -0.15) is 10.3 Å². The largest absolute Gasteiger partial charge is 0.368 e. The van der Waals surface area contributed by atoms with Crippen molar-refractivity contribution in [1.29, 1.82) is 5.26 Å². The van der Waals surface area contributed by atoms with Crippen molar-refractivity contribution in [3.8, 4) is 6.07 Å². The van der Waals surface area contributed by atoms with E-state index in [1.54, 1.807) is 0 Å². The van der Waals surface area contributed by atoms with Crippen LogP contribution in [0.15, 0.2) is 24.3 Å². The van der Waals surface area contributed by atoms with E-state index in [9.17, 15) is 5.21 Å². The van der Waals surface area contributed by atoms with Crippen LogP contribution in [0.25, 0.3) is 0 Å². The first-order valence-corrected chi connectivity index (χ1v) is 4.99.